The fraction of sp³-hybridized carbons (Fsp3) is 0.182. The zero-order valence-electron chi connectivity index (χ0n) is 14.1. The van der Waals surface area contributed by atoms with Gasteiger partial charge in [0.05, 0.1) is 16.9 Å². The minimum absolute atomic E-state index is 0.139. The molecule has 1 aliphatic carbocycles. The number of hydrogen-bond donors (Lipinski definition) is 0. The average Bonchev–Trinajstić information content (AvgIpc) is 2.58. The highest BCUT2D eigenvalue weighted by atomic mass is 14.8. The Hall–Kier alpha value is -2.74. The summed E-state index contributed by atoms with van der Waals surface area (Å²) in [6.07, 6.45) is 1.91. The molecule has 1 aliphatic rings. The molecule has 0 N–H and O–H groups in total. The minimum Gasteiger partial charge on any atom is -0.256 e. The van der Waals surface area contributed by atoms with Crippen LogP contribution in [0.3, 0.4) is 0 Å². The Labute approximate surface area is 141 Å². The molecule has 0 atom stereocenters. The number of hydrogen-bond acceptors (Lipinski definition) is 2. The summed E-state index contributed by atoms with van der Waals surface area (Å²) in [5.41, 5.74) is 6.88. The van der Waals surface area contributed by atoms with Gasteiger partial charge in [-0.1, -0.05) is 49.7 Å². The van der Waals surface area contributed by atoms with E-state index in [0.29, 0.717) is 0 Å². The number of aromatic nitrogens is 2. The summed E-state index contributed by atoms with van der Waals surface area (Å²) in [5.74, 6) is 0. The highest BCUT2D eigenvalue weighted by molar-refractivity contribution is 6.02. The summed E-state index contributed by atoms with van der Waals surface area (Å²) in [5, 5.41) is 3.71. The second kappa shape index (κ2) is 4.41. The zero-order valence-corrected chi connectivity index (χ0v) is 14.1. The number of aryl methyl sites for hydroxylation is 1. The molecule has 0 unspecified atom stereocenters. The van der Waals surface area contributed by atoms with E-state index in [4.69, 9.17) is 9.97 Å². The minimum atomic E-state index is -0.139. The van der Waals surface area contributed by atoms with Crippen molar-refractivity contribution in [1.82, 2.24) is 9.97 Å². The van der Waals surface area contributed by atoms with E-state index >= 15 is 0 Å². The van der Waals surface area contributed by atoms with Crippen LogP contribution in [0.5, 0.6) is 0 Å². The summed E-state index contributed by atoms with van der Waals surface area (Å²) < 4.78 is 0. The van der Waals surface area contributed by atoms with E-state index in [1.807, 2.05) is 6.20 Å². The molecule has 0 radical (unpaired) electrons. The molecule has 116 valence electrons. The third-order valence-corrected chi connectivity index (χ3v) is 5.25. The van der Waals surface area contributed by atoms with Gasteiger partial charge < -0.3 is 0 Å². The van der Waals surface area contributed by atoms with Gasteiger partial charge in [-0.2, -0.15) is 0 Å². The monoisotopic (exact) mass is 310 g/mol. The van der Waals surface area contributed by atoms with Crippen LogP contribution in [0.15, 0.2) is 54.7 Å². The average molecular weight is 310 g/mol. The number of para-hydroxylation sites is 1. The van der Waals surface area contributed by atoms with Gasteiger partial charge in [0.1, 0.15) is 0 Å². The first kappa shape index (κ1) is 13.7. The maximum atomic E-state index is 5.04. The van der Waals surface area contributed by atoms with E-state index in [9.17, 15) is 0 Å². The quantitative estimate of drug-likeness (QED) is 0.435. The summed E-state index contributed by atoms with van der Waals surface area (Å²) in [6.45, 7) is 6.71. The number of pyridine rings is 2. The molecule has 0 aliphatic heterocycles. The van der Waals surface area contributed by atoms with E-state index in [-0.39, 0.29) is 5.41 Å². The predicted molar refractivity (Wildman–Crippen MR) is 99.3 cm³/mol. The zero-order chi connectivity index (χ0) is 16.5. The van der Waals surface area contributed by atoms with Crippen molar-refractivity contribution >= 4 is 21.7 Å². The fourth-order valence-corrected chi connectivity index (χ4v) is 4.06. The van der Waals surface area contributed by atoms with Crippen LogP contribution in [0, 0.1) is 6.92 Å². The second-order valence-corrected chi connectivity index (χ2v) is 7.27. The smallest absolute Gasteiger partial charge is 0.0802 e. The lowest BCUT2D eigenvalue weighted by Gasteiger charge is -2.34. The van der Waals surface area contributed by atoms with Gasteiger partial charge in [0.15, 0.2) is 0 Å². The van der Waals surface area contributed by atoms with Crippen molar-refractivity contribution in [2.45, 2.75) is 26.2 Å². The van der Waals surface area contributed by atoms with Gasteiger partial charge in [-0.05, 0) is 36.1 Å². The van der Waals surface area contributed by atoms with Gasteiger partial charge in [0.2, 0.25) is 0 Å². The maximum absolute atomic E-state index is 5.04. The van der Waals surface area contributed by atoms with E-state index in [1.54, 1.807) is 0 Å². The molecule has 0 fully saturated rings. The Kier molecular flexibility index (Phi) is 2.52. The summed E-state index contributed by atoms with van der Waals surface area (Å²) >= 11 is 0. The number of fused-ring (bicyclic) bond motifs is 3. The molecule has 0 saturated carbocycles. The van der Waals surface area contributed by atoms with Gasteiger partial charge in [-0.3, -0.25) is 9.97 Å². The van der Waals surface area contributed by atoms with Crippen LogP contribution >= 0.6 is 0 Å². The summed E-state index contributed by atoms with van der Waals surface area (Å²) in [4.78, 5) is 9.78. The molecule has 24 heavy (non-hydrogen) atoms. The topological polar surface area (TPSA) is 25.8 Å². The largest absolute Gasteiger partial charge is 0.256 e. The van der Waals surface area contributed by atoms with Crippen LogP contribution in [-0.4, -0.2) is 9.97 Å². The van der Waals surface area contributed by atoms with Gasteiger partial charge in [0, 0.05) is 27.9 Å². The van der Waals surface area contributed by atoms with E-state index < -0.39 is 0 Å². The Morgan fingerprint density at radius 1 is 0.917 bits per heavy atom. The molecule has 2 heteroatoms. The molecule has 4 aromatic rings. The molecule has 2 aromatic carbocycles. The van der Waals surface area contributed by atoms with Gasteiger partial charge in [-0.15, -0.1) is 0 Å². The van der Waals surface area contributed by atoms with Gasteiger partial charge in [0.25, 0.3) is 0 Å². The van der Waals surface area contributed by atoms with Crippen LogP contribution in [0.4, 0.5) is 0 Å². The Bertz CT molecular complexity index is 1140. The molecule has 0 amide bonds. The van der Waals surface area contributed by atoms with Gasteiger partial charge >= 0.3 is 0 Å². The second-order valence-electron chi connectivity index (χ2n) is 7.27. The highest BCUT2D eigenvalue weighted by Gasteiger charge is 2.35. The SMILES string of the molecule is Cc1cc2c3c(nccc3c1)-c1cc3ccccc3nc1C2(C)C. The van der Waals surface area contributed by atoms with Crippen LogP contribution in [0.25, 0.3) is 32.9 Å². The number of nitrogens with zero attached hydrogens (tertiary/aromatic N) is 2. The molecule has 2 heterocycles. The molecule has 0 bridgehead atoms. The third kappa shape index (κ3) is 1.66. The summed E-state index contributed by atoms with van der Waals surface area (Å²) in [6, 6.07) is 17.2. The van der Waals surface area contributed by atoms with Crippen LogP contribution in [0.2, 0.25) is 0 Å². The van der Waals surface area contributed by atoms with E-state index in [2.05, 4.69) is 69.3 Å². The summed E-state index contributed by atoms with van der Waals surface area (Å²) in [7, 11) is 0. The number of rotatable bonds is 0. The normalized spacial score (nSPS) is 14.8. The lowest BCUT2D eigenvalue weighted by molar-refractivity contribution is 0.622. The molecular formula is C22H18N2. The number of benzene rings is 2. The fourth-order valence-electron chi connectivity index (χ4n) is 4.06. The first-order valence-electron chi connectivity index (χ1n) is 8.36. The van der Waals surface area contributed by atoms with Gasteiger partial charge in [-0.25, -0.2) is 0 Å². The van der Waals surface area contributed by atoms with E-state index in [1.165, 1.54) is 32.8 Å². The van der Waals surface area contributed by atoms with E-state index in [0.717, 1.165) is 16.9 Å². The lowest BCUT2D eigenvalue weighted by atomic mass is 9.71. The van der Waals surface area contributed by atoms with Crippen molar-refractivity contribution in [1.29, 1.82) is 0 Å². The molecule has 0 saturated heterocycles. The van der Waals surface area contributed by atoms with Crippen molar-refractivity contribution in [3.05, 3.63) is 71.5 Å². The molecule has 5 rings (SSSR count). The Morgan fingerprint density at radius 3 is 2.62 bits per heavy atom. The first-order chi connectivity index (χ1) is 11.6. The molecule has 0 spiro atoms. The predicted octanol–water partition coefficient (Wildman–Crippen LogP) is 5.40. The lowest BCUT2D eigenvalue weighted by Crippen LogP contribution is -2.26. The molecule has 2 nitrogen and oxygen atoms in total. The van der Waals surface area contributed by atoms with Crippen molar-refractivity contribution in [2.24, 2.45) is 0 Å². The van der Waals surface area contributed by atoms with Crippen molar-refractivity contribution in [3.63, 3.8) is 0 Å². The van der Waals surface area contributed by atoms with Crippen molar-refractivity contribution < 1.29 is 0 Å². The molecular weight excluding hydrogens is 292 g/mol. The molecule has 2 aromatic heterocycles. The highest BCUT2D eigenvalue weighted by Crippen LogP contribution is 2.47. The van der Waals surface area contributed by atoms with Crippen molar-refractivity contribution in [2.75, 3.05) is 0 Å². The maximum Gasteiger partial charge on any atom is 0.0802 e. The standard InChI is InChI=1S/C22H18N2/c1-13-10-15-8-9-23-20-16-12-14-6-4-5-7-18(14)24-21(16)22(2,3)17(11-13)19(15)20/h4-12H,1-3H3. The van der Waals surface area contributed by atoms with Crippen molar-refractivity contribution in [3.8, 4) is 11.3 Å². The first-order valence-corrected chi connectivity index (χ1v) is 8.36. The van der Waals surface area contributed by atoms with Crippen LogP contribution in [-0.2, 0) is 5.41 Å². The Morgan fingerprint density at radius 2 is 1.75 bits per heavy atom. The Balaban J connectivity index is 2.02. The van der Waals surface area contributed by atoms with Crippen LogP contribution < -0.4 is 0 Å². The third-order valence-electron chi connectivity index (χ3n) is 5.25. The van der Waals surface area contributed by atoms with Crippen LogP contribution in [0.1, 0.15) is 30.7 Å².